The fourth-order valence-electron chi connectivity index (χ4n) is 2.59. The number of hydrogen-bond donors (Lipinski definition) is 0. The van der Waals surface area contributed by atoms with Gasteiger partial charge in [0.15, 0.2) is 0 Å². The molecule has 0 aliphatic carbocycles. The first-order chi connectivity index (χ1) is 9.73. The molecule has 0 bridgehead atoms. The van der Waals surface area contributed by atoms with E-state index < -0.39 is 15.6 Å². The lowest BCUT2D eigenvalue weighted by Crippen LogP contribution is -2.52. The fourth-order valence-corrected chi connectivity index (χ4v) is 4.13. The number of aryl methyl sites for hydroxylation is 1. The molecule has 5 nitrogen and oxygen atoms in total. The molecule has 116 valence electrons. The maximum Gasteiger partial charge on any atom is 0.243 e. The van der Waals surface area contributed by atoms with Crippen molar-refractivity contribution in [3.8, 4) is 0 Å². The number of benzene rings is 1. The average molecular weight is 311 g/mol. The zero-order valence-electron chi connectivity index (χ0n) is 12.6. The smallest absolute Gasteiger partial charge is 0.243 e. The van der Waals surface area contributed by atoms with Gasteiger partial charge < -0.3 is 4.74 Å². The van der Waals surface area contributed by atoms with Gasteiger partial charge in [0, 0.05) is 19.5 Å². The highest BCUT2D eigenvalue weighted by molar-refractivity contribution is 7.89. The first-order valence-electron chi connectivity index (χ1n) is 6.93. The van der Waals surface area contributed by atoms with E-state index in [1.165, 1.54) is 11.2 Å². The number of carbonyl (C=O) groups excluding carboxylic acids is 1. The summed E-state index contributed by atoms with van der Waals surface area (Å²) in [5.74, 6) is -0.00733. The zero-order valence-corrected chi connectivity index (χ0v) is 13.4. The number of carbonyl (C=O) groups is 1. The Kier molecular flexibility index (Phi) is 4.51. The van der Waals surface area contributed by atoms with Gasteiger partial charge in [0.05, 0.1) is 17.1 Å². The summed E-state index contributed by atoms with van der Waals surface area (Å²) < 4.78 is 32.4. The number of ketones is 1. The van der Waals surface area contributed by atoms with Gasteiger partial charge in [-0.15, -0.1) is 0 Å². The van der Waals surface area contributed by atoms with Gasteiger partial charge >= 0.3 is 0 Å². The lowest BCUT2D eigenvalue weighted by Gasteiger charge is -2.39. The maximum absolute atomic E-state index is 12.7. The van der Waals surface area contributed by atoms with E-state index in [1.807, 2.05) is 6.92 Å². The minimum atomic E-state index is -3.54. The van der Waals surface area contributed by atoms with Crippen LogP contribution >= 0.6 is 0 Å². The van der Waals surface area contributed by atoms with E-state index in [0.29, 0.717) is 13.2 Å². The number of morpholine rings is 1. The lowest BCUT2D eigenvalue weighted by atomic mass is 9.98. The van der Waals surface area contributed by atoms with E-state index in [9.17, 15) is 13.2 Å². The predicted octanol–water partition coefficient (Wildman–Crippen LogP) is 1.75. The Morgan fingerprint density at radius 1 is 1.33 bits per heavy atom. The van der Waals surface area contributed by atoms with Gasteiger partial charge in [0.1, 0.15) is 5.78 Å². The Morgan fingerprint density at radius 2 is 1.95 bits per heavy atom. The lowest BCUT2D eigenvalue weighted by molar-refractivity contribution is -0.129. The van der Waals surface area contributed by atoms with E-state index in [4.69, 9.17) is 4.74 Å². The van der Waals surface area contributed by atoms with Crippen molar-refractivity contribution in [2.45, 2.75) is 37.7 Å². The zero-order chi connectivity index (χ0) is 15.7. The summed E-state index contributed by atoms with van der Waals surface area (Å²) in [6.07, 6.45) is 0.215. The van der Waals surface area contributed by atoms with Crippen LogP contribution in [0.25, 0.3) is 0 Å². The molecule has 21 heavy (non-hydrogen) atoms. The van der Waals surface area contributed by atoms with Crippen LogP contribution in [-0.4, -0.2) is 43.8 Å². The van der Waals surface area contributed by atoms with Gasteiger partial charge in [-0.05, 0) is 32.9 Å². The quantitative estimate of drug-likeness (QED) is 0.850. The van der Waals surface area contributed by atoms with Gasteiger partial charge in [-0.25, -0.2) is 8.42 Å². The molecule has 0 radical (unpaired) electrons. The molecule has 0 spiro atoms. The van der Waals surface area contributed by atoms with Crippen molar-refractivity contribution in [3.05, 3.63) is 29.8 Å². The highest BCUT2D eigenvalue weighted by Gasteiger charge is 2.38. The van der Waals surface area contributed by atoms with Gasteiger partial charge in [-0.1, -0.05) is 17.7 Å². The first kappa shape index (κ1) is 16.1. The largest absolute Gasteiger partial charge is 0.372 e. The van der Waals surface area contributed by atoms with Crippen LogP contribution in [0.2, 0.25) is 0 Å². The molecule has 1 saturated heterocycles. The minimum Gasteiger partial charge on any atom is -0.372 e. The highest BCUT2D eigenvalue weighted by Crippen LogP contribution is 2.26. The summed E-state index contributed by atoms with van der Waals surface area (Å²) in [6.45, 7) is 5.99. The van der Waals surface area contributed by atoms with Crippen LogP contribution in [0, 0.1) is 6.92 Å². The summed E-state index contributed by atoms with van der Waals surface area (Å²) in [5, 5.41) is 0. The van der Waals surface area contributed by atoms with Gasteiger partial charge in [-0.2, -0.15) is 4.31 Å². The van der Waals surface area contributed by atoms with Crippen LogP contribution in [0.1, 0.15) is 25.8 Å². The van der Waals surface area contributed by atoms with Crippen molar-refractivity contribution in [1.29, 1.82) is 0 Å². The number of Topliss-reactive ketones (excluding diaryl/α,β-unsaturated/α-hetero) is 1. The third-order valence-electron chi connectivity index (χ3n) is 3.58. The SMILES string of the molecule is CC(=O)C[C@@]1(C)CN(S(=O)(=O)c2ccc(C)cc2)CCO1. The highest BCUT2D eigenvalue weighted by atomic mass is 32.2. The van der Waals surface area contributed by atoms with Crippen LogP contribution < -0.4 is 0 Å². The molecule has 1 aromatic rings. The Morgan fingerprint density at radius 3 is 2.52 bits per heavy atom. The van der Waals surface area contributed by atoms with Crippen molar-refractivity contribution >= 4 is 15.8 Å². The van der Waals surface area contributed by atoms with Crippen LogP contribution in [0.3, 0.4) is 0 Å². The minimum absolute atomic E-state index is 0.00733. The van der Waals surface area contributed by atoms with Gasteiger partial charge in [0.25, 0.3) is 0 Å². The molecule has 1 aromatic carbocycles. The maximum atomic E-state index is 12.7. The second kappa shape index (κ2) is 5.87. The Labute approximate surface area is 126 Å². The molecular formula is C15H21NO4S. The van der Waals surface area contributed by atoms with E-state index in [0.717, 1.165) is 5.56 Å². The summed E-state index contributed by atoms with van der Waals surface area (Å²) >= 11 is 0. The Balaban J connectivity index is 2.24. The Bertz CT molecular complexity index is 624. The first-order valence-corrected chi connectivity index (χ1v) is 8.37. The van der Waals surface area contributed by atoms with E-state index in [2.05, 4.69) is 0 Å². The average Bonchev–Trinajstić information content (AvgIpc) is 2.37. The summed E-state index contributed by atoms with van der Waals surface area (Å²) in [6, 6.07) is 6.79. The molecular weight excluding hydrogens is 290 g/mol. The van der Waals surface area contributed by atoms with Crippen molar-refractivity contribution in [3.63, 3.8) is 0 Å². The molecule has 1 aliphatic heterocycles. The molecule has 1 heterocycles. The van der Waals surface area contributed by atoms with Crippen LogP contribution in [0.4, 0.5) is 0 Å². The monoisotopic (exact) mass is 311 g/mol. The number of hydrogen-bond acceptors (Lipinski definition) is 4. The molecule has 0 aromatic heterocycles. The standard InChI is InChI=1S/C15H21NO4S/c1-12-4-6-14(7-5-12)21(18,19)16-8-9-20-15(3,11-16)10-13(2)17/h4-7H,8-11H2,1-3H3/t15-/m0/s1. The normalized spacial score (nSPS) is 24.0. The van der Waals surface area contributed by atoms with Crippen molar-refractivity contribution in [2.75, 3.05) is 19.7 Å². The summed E-state index contributed by atoms with van der Waals surface area (Å²) in [7, 11) is -3.54. The van der Waals surface area contributed by atoms with Gasteiger partial charge in [-0.3, -0.25) is 4.79 Å². The van der Waals surface area contributed by atoms with Crippen molar-refractivity contribution in [1.82, 2.24) is 4.31 Å². The van der Waals surface area contributed by atoms with Crippen molar-refractivity contribution < 1.29 is 17.9 Å². The Hall–Kier alpha value is -1.24. The molecule has 0 saturated carbocycles. The number of rotatable bonds is 4. The molecule has 0 N–H and O–H groups in total. The van der Waals surface area contributed by atoms with Gasteiger partial charge in [0.2, 0.25) is 10.0 Å². The molecule has 0 unspecified atom stereocenters. The number of sulfonamides is 1. The summed E-state index contributed by atoms with van der Waals surface area (Å²) in [5.41, 5.74) is 0.263. The molecule has 1 aliphatic rings. The molecule has 1 fully saturated rings. The molecule has 1 atom stereocenters. The van der Waals surface area contributed by atoms with Crippen LogP contribution in [0.15, 0.2) is 29.2 Å². The fraction of sp³-hybridized carbons (Fsp3) is 0.533. The molecule has 6 heteroatoms. The summed E-state index contributed by atoms with van der Waals surface area (Å²) in [4.78, 5) is 11.6. The third-order valence-corrected chi connectivity index (χ3v) is 5.44. The predicted molar refractivity (Wildman–Crippen MR) is 79.6 cm³/mol. The van der Waals surface area contributed by atoms with E-state index in [-0.39, 0.29) is 23.6 Å². The molecule has 2 rings (SSSR count). The topological polar surface area (TPSA) is 63.7 Å². The molecule has 0 amide bonds. The number of ether oxygens (including phenoxy) is 1. The third kappa shape index (κ3) is 3.70. The van der Waals surface area contributed by atoms with E-state index >= 15 is 0 Å². The second-order valence-corrected chi connectivity index (χ2v) is 7.77. The van der Waals surface area contributed by atoms with E-state index in [1.54, 1.807) is 31.2 Å². The van der Waals surface area contributed by atoms with Crippen LogP contribution in [0.5, 0.6) is 0 Å². The van der Waals surface area contributed by atoms with Crippen LogP contribution in [-0.2, 0) is 19.6 Å². The second-order valence-electron chi connectivity index (χ2n) is 5.83. The number of nitrogens with zero attached hydrogens (tertiary/aromatic N) is 1. The van der Waals surface area contributed by atoms with Crippen molar-refractivity contribution in [2.24, 2.45) is 0 Å².